The van der Waals surface area contributed by atoms with Crippen LogP contribution < -0.4 is 0 Å². The maximum Gasteiger partial charge on any atom is 0.165 e. The molecule has 0 saturated carbocycles. The third kappa shape index (κ3) is 4.85. The Morgan fingerprint density at radius 3 is 1.44 bits per heavy atom. The highest BCUT2D eigenvalue weighted by Crippen LogP contribution is 2.47. The van der Waals surface area contributed by atoms with E-state index in [2.05, 4.69) is 215 Å². The van der Waals surface area contributed by atoms with Gasteiger partial charge >= 0.3 is 0 Å². The van der Waals surface area contributed by atoms with Crippen molar-refractivity contribution in [2.24, 2.45) is 0 Å². The lowest BCUT2D eigenvalue weighted by Crippen LogP contribution is -2.04. The Labute approximate surface area is 365 Å². The van der Waals surface area contributed by atoms with Crippen molar-refractivity contribution in [3.05, 3.63) is 206 Å². The van der Waals surface area contributed by atoms with E-state index in [-0.39, 0.29) is 0 Å². The maximum absolute atomic E-state index is 5.75. The molecule has 0 aliphatic carbocycles. The molecule has 4 aromatic heterocycles. The summed E-state index contributed by atoms with van der Waals surface area (Å²) in [7, 11) is 0. The molecule has 14 rings (SSSR count). The van der Waals surface area contributed by atoms with Crippen molar-refractivity contribution in [1.82, 2.24) is 19.1 Å². The number of aromatic nitrogens is 4. The molecule has 0 amide bonds. The first kappa shape index (κ1) is 34.6. The van der Waals surface area contributed by atoms with Crippen LogP contribution in [0.5, 0.6) is 0 Å². The van der Waals surface area contributed by atoms with Gasteiger partial charge in [-0.05, 0) is 52.2 Å². The van der Waals surface area contributed by atoms with Gasteiger partial charge < -0.3 is 4.57 Å². The zero-order valence-corrected chi connectivity index (χ0v) is 34.6. The fourth-order valence-corrected chi connectivity index (χ4v) is 11.8. The van der Waals surface area contributed by atoms with Crippen LogP contribution in [0.25, 0.3) is 130 Å². The van der Waals surface area contributed by atoms with Crippen molar-refractivity contribution in [3.63, 3.8) is 0 Å². The largest absolute Gasteiger partial charge is 0.308 e. The molecule has 4 heterocycles. The molecule has 0 spiro atoms. The van der Waals surface area contributed by atoms with Crippen LogP contribution in [0, 0.1) is 0 Å². The highest BCUT2D eigenvalue weighted by atomic mass is 32.1. The van der Waals surface area contributed by atoms with Gasteiger partial charge in [-0.1, -0.05) is 176 Å². The summed E-state index contributed by atoms with van der Waals surface area (Å²) in [4.78, 5) is 11.4. The lowest BCUT2D eigenvalue weighted by Gasteiger charge is -2.16. The number of hydrogen-bond donors (Lipinski definition) is 0. The molecule has 10 aromatic carbocycles. The van der Waals surface area contributed by atoms with Crippen molar-refractivity contribution < 1.29 is 0 Å². The third-order valence-electron chi connectivity index (χ3n) is 13.1. The minimum absolute atomic E-state index is 0.813. The van der Waals surface area contributed by atoms with Crippen molar-refractivity contribution in [2.75, 3.05) is 0 Å². The Balaban J connectivity index is 1.10. The number of fused-ring (bicyclic) bond motifs is 16. The molecule has 0 saturated heterocycles. The Hall–Kier alpha value is -8.12. The van der Waals surface area contributed by atoms with Crippen LogP contribution in [0.2, 0.25) is 0 Å². The van der Waals surface area contributed by atoms with E-state index in [1.165, 1.54) is 80.3 Å². The van der Waals surface area contributed by atoms with E-state index in [1.54, 1.807) is 0 Å². The minimum Gasteiger partial charge on any atom is -0.308 e. The molecular weight excluding hydrogens is 785 g/mol. The number of thiophene rings is 1. The molecule has 0 aliphatic heterocycles. The molecule has 0 bridgehead atoms. The van der Waals surface area contributed by atoms with Gasteiger partial charge in [0, 0.05) is 53.4 Å². The Morgan fingerprint density at radius 1 is 0.317 bits per heavy atom. The van der Waals surface area contributed by atoms with Gasteiger partial charge in [-0.3, -0.25) is 4.57 Å². The quantitative estimate of drug-likeness (QED) is 0.166. The molecule has 0 fully saturated rings. The Kier molecular flexibility index (Phi) is 7.24. The zero-order chi connectivity index (χ0) is 41.2. The van der Waals surface area contributed by atoms with Gasteiger partial charge in [-0.25, -0.2) is 9.97 Å². The van der Waals surface area contributed by atoms with Crippen LogP contribution >= 0.6 is 11.3 Å². The second-order valence-electron chi connectivity index (χ2n) is 16.4. The molecule has 14 aromatic rings. The number of para-hydroxylation sites is 2. The van der Waals surface area contributed by atoms with Crippen molar-refractivity contribution in [3.8, 4) is 33.9 Å². The zero-order valence-electron chi connectivity index (χ0n) is 33.8. The molecule has 4 nitrogen and oxygen atoms in total. The van der Waals surface area contributed by atoms with Gasteiger partial charge in [0.2, 0.25) is 0 Å². The monoisotopic (exact) mass is 818 g/mol. The van der Waals surface area contributed by atoms with Crippen LogP contribution in [0.3, 0.4) is 0 Å². The van der Waals surface area contributed by atoms with Gasteiger partial charge in [0.15, 0.2) is 5.82 Å². The van der Waals surface area contributed by atoms with Gasteiger partial charge in [0.05, 0.1) is 43.5 Å². The molecule has 0 radical (unpaired) electrons. The third-order valence-corrected chi connectivity index (χ3v) is 14.4. The van der Waals surface area contributed by atoms with E-state index >= 15 is 0 Å². The molecule has 0 N–H and O–H groups in total. The van der Waals surface area contributed by atoms with Gasteiger partial charge in [-0.2, -0.15) is 0 Å². The number of benzene rings is 10. The van der Waals surface area contributed by atoms with E-state index in [9.17, 15) is 0 Å². The standard InChI is InChI=1S/C58H34N4S/c1-3-17-35(18-4-1)37-27-15-28-42-43-29-16-32-50(57(43)63-56(37)42)61-46-30-13-11-25-44(46)51-48(61)33-34-49-52(51)45-26-12-14-31-47(45)62(49)58-53(36-19-5-2-6-20-36)59-54-40-23-9-7-21-38(40)39-22-8-10-24-41(39)55(54)60-58/h1-34H. The summed E-state index contributed by atoms with van der Waals surface area (Å²) in [6.45, 7) is 0. The summed E-state index contributed by atoms with van der Waals surface area (Å²) in [5.41, 5.74) is 11.9. The topological polar surface area (TPSA) is 35.6 Å². The SMILES string of the molecule is c1ccc(-c2nc3c4ccccc4c4ccccc4c3nc2-n2c3ccccc3c3c4c5ccccc5n(-c5cccc6c5sc5c(-c7ccccc7)cccc56)c4ccc32)cc1. The molecule has 63 heavy (non-hydrogen) atoms. The highest BCUT2D eigenvalue weighted by Gasteiger charge is 2.25. The van der Waals surface area contributed by atoms with Gasteiger partial charge in [-0.15, -0.1) is 11.3 Å². The van der Waals surface area contributed by atoms with Crippen LogP contribution in [-0.2, 0) is 0 Å². The number of rotatable bonds is 4. The average Bonchev–Trinajstić information content (AvgIpc) is 4.02. The number of hydrogen-bond acceptors (Lipinski definition) is 3. The average molecular weight is 819 g/mol. The fraction of sp³-hybridized carbons (Fsp3) is 0. The van der Waals surface area contributed by atoms with E-state index in [0.29, 0.717) is 0 Å². The summed E-state index contributed by atoms with van der Waals surface area (Å²) < 4.78 is 7.45. The summed E-state index contributed by atoms with van der Waals surface area (Å²) in [6, 6.07) is 74.4. The second-order valence-corrected chi connectivity index (χ2v) is 17.4. The molecular formula is C58H34N4S. The van der Waals surface area contributed by atoms with E-state index in [1.807, 2.05) is 11.3 Å². The van der Waals surface area contributed by atoms with Crippen LogP contribution in [0.1, 0.15) is 0 Å². The van der Waals surface area contributed by atoms with Crippen molar-refractivity contribution in [1.29, 1.82) is 0 Å². The first-order valence-corrected chi connectivity index (χ1v) is 22.2. The first-order valence-electron chi connectivity index (χ1n) is 21.4. The van der Waals surface area contributed by atoms with E-state index in [0.717, 1.165) is 49.9 Å². The summed E-state index contributed by atoms with van der Waals surface area (Å²) in [5, 5.41) is 11.9. The lowest BCUT2D eigenvalue weighted by molar-refractivity contribution is 1.08. The molecule has 292 valence electrons. The van der Waals surface area contributed by atoms with Crippen LogP contribution in [-0.4, -0.2) is 19.1 Å². The summed E-state index contributed by atoms with van der Waals surface area (Å²) in [5.74, 6) is 0.813. The molecule has 0 unspecified atom stereocenters. The van der Waals surface area contributed by atoms with Crippen molar-refractivity contribution >= 4 is 108 Å². The van der Waals surface area contributed by atoms with E-state index in [4.69, 9.17) is 9.97 Å². The predicted molar refractivity (Wildman–Crippen MR) is 267 cm³/mol. The van der Waals surface area contributed by atoms with Gasteiger partial charge in [0.1, 0.15) is 5.69 Å². The molecule has 0 aliphatic rings. The first-order chi connectivity index (χ1) is 31.3. The van der Waals surface area contributed by atoms with Crippen LogP contribution in [0.4, 0.5) is 0 Å². The predicted octanol–water partition coefficient (Wildman–Crippen LogP) is 15.8. The minimum atomic E-state index is 0.813. The normalized spacial score (nSPS) is 12.1. The number of nitrogens with zero attached hydrogens (tertiary/aromatic N) is 4. The Morgan fingerprint density at radius 2 is 0.794 bits per heavy atom. The van der Waals surface area contributed by atoms with Crippen LogP contribution in [0.15, 0.2) is 206 Å². The maximum atomic E-state index is 5.75. The summed E-state index contributed by atoms with van der Waals surface area (Å²) in [6.07, 6.45) is 0. The molecule has 5 heteroatoms. The van der Waals surface area contributed by atoms with E-state index < -0.39 is 0 Å². The van der Waals surface area contributed by atoms with Crippen molar-refractivity contribution in [2.45, 2.75) is 0 Å². The smallest absolute Gasteiger partial charge is 0.165 e. The Bertz CT molecular complexity index is 4200. The second kappa shape index (κ2) is 13.2. The molecule has 0 atom stereocenters. The summed E-state index contributed by atoms with van der Waals surface area (Å²) >= 11 is 1.89. The lowest BCUT2D eigenvalue weighted by atomic mass is 9.99. The fourth-order valence-electron chi connectivity index (χ4n) is 10.4. The highest BCUT2D eigenvalue weighted by molar-refractivity contribution is 7.26. The van der Waals surface area contributed by atoms with Gasteiger partial charge in [0.25, 0.3) is 0 Å².